The average molecular weight is 214 g/mol. The number of halogens is 1. The van der Waals surface area contributed by atoms with E-state index in [-0.39, 0.29) is 5.57 Å². The molecule has 14 heavy (non-hydrogen) atoms. The van der Waals surface area contributed by atoms with Crippen LogP contribution in [0.15, 0.2) is 18.0 Å². The van der Waals surface area contributed by atoms with Crippen molar-refractivity contribution in [3.05, 3.63) is 27.7 Å². The van der Waals surface area contributed by atoms with Crippen LogP contribution in [-0.4, -0.2) is 11.1 Å². The van der Waals surface area contributed by atoms with Crippen molar-refractivity contribution in [2.75, 3.05) is 0 Å². The molecular formula is C10H11FO2S. The molecule has 0 aromatic carbocycles. The molecule has 0 aliphatic rings. The van der Waals surface area contributed by atoms with Crippen LogP contribution in [0.5, 0.6) is 0 Å². The van der Waals surface area contributed by atoms with Crippen molar-refractivity contribution in [3.63, 3.8) is 0 Å². The first-order valence-corrected chi connectivity index (χ1v) is 5.06. The lowest BCUT2D eigenvalue weighted by Crippen LogP contribution is -1.96. The van der Waals surface area contributed by atoms with Gasteiger partial charge in [0.15, 0.2) is 0 Å². The molecule has 0 saturated carbocycles. The molecule has 2 nitrogen and oxygen atoms in total. The Balaban J connectivity index is 3.05. The highest BCUT2D eigenvalue weighted by molar-refractivity contribution is 7.13. The number of allylic oxidation sites excluding steroid dienone is 1. The number of rotatable bonds is 3. The minimum absolute atomic E-state index is 0.196. The summed E-state index contributed by atoms with van der Waals surface area (Å²) in [5.41, 5.74) is 0.196. The van der Waals surface area contributed by atoms with Gasteiger partial charge in [-0.3, -0.25) is 0 Å². The maximum Gasteiger partial charge on any atom is 0.365 e. The second kappa shape index (κ2) is 4.37. The Kier molecular flexibility index (Phi) is 3.41. The van der Waals surface area contributed by atoms with Gasteiger partial charge in [0.05, 0.1) is 0 Å². The molecule has 0 spiro atoms. The number of aliphatic carboxylic acids is 1. The molecule has 0 aliphatic heterocycles. The van der Waals surface area contributed by atoms with Gasteiger partial charge in [-0.2, -0.15) is 4.39 Å². The fourth-order valence-corrected chi connectivity index (χ4v) is 1.98. The van der Waals surface area contributed by atoms with Crippen LogP contribution in [0, 0.1) is 0 Å². The molecule has 0 radical (unpaired) electrons. The minimum atomic E-state index is -1.51. The summed E-state index contributed by atoms with van der Waals surface area (Å²) in [7, 11) is 0. The normalized spacial score (nSPS) is 12.5. The largest absolute Gasteiger partial charge is 0.476 e. The SMILES string of the molecule is CCc1ccc(C(C)=C(F)C(=O)O)s1. The highest BCUT2D eigenvalue weighted by atomic mass is 32.1. The van der Waals surface area contributed by atoms with E-state index in [2.05, 4.69) is 0 Å². The van der Waals surface area contributed by atoms with Crippen molar-refractivity contribution in [3.8, 4) is 0 Å². The molecule has 0 unspecified atom stereocenters. The highest BCUT2D eigenvalue weighted by Crippen LogP contribution is 2.27. The van der Waals surface area contributed by atoms with Crippen LogP contribution in [0.25, 0.3) is 5.57 Å². The van der Waals surface area contributed by atoms with Crippen LogP contribution in [0.2, 0.25) is 0 Å². The summed E-state index contributed by atoms with van der Waals surface area (Å²) in [5.74, 6) is -2.58. The summed E-state index contributed by atoms with van der Waals surface area (Å²) in [6.07, 6.45) is 0.882. The van der Waals surface area contributed by atoms with Crippen LogP contribution >= 0.6 is 11.3 Å². The Morgan fingerprint density at radius 3 is 2.64 bits per heavy atom. The number of carboxylic acids is 1. The van der Waals surface area contributed by atoms with E-state index in [0.717, 1.165) is 11.3 Å². The number of hydrogen-bond acceptors (Lipinski definition) is 2. The van der Waals surface area contributed by atoms with Crippen molar-refractivity contribution in [1.29, 1.82) is 0 Å². The summed E-state index contributed by atoms with van der Waals surface area (Å²) in [6, 6.07) is 3.64. The first-order chi connectivity index (χ1) is 6.56. The zero-order valence-corrected chi connectivity index (χ0v) is 8.82. The molecule has 1 aromatic heterocycles. The molecule has 0 bridgehead atoms. The summed E-state index contributed by atoms with van der Waals surface area (Å²) in [6.45, 7) is 3.48. The third kappa shape index (κ3) is 2.20. The van der Waals surface area contributed by atoms with Gasteiger partial charge in [0.1, 0.15) is 0 Å². The highest BCUT2D eigenvalue weighted by Gasteiger charge is 2.13. The van der Waals surface area contributed by atoms with Crippen molar-refractivity contribution < 1.29 is 14.3 Å². The van der Waals surface area contributed by atoms with E-state index in [1.165, 1.54) is 18.3 Å². The minimum Gasteiger partial charge on any atom is -0.476 e. The van der Waals surface area contributed by atoms with Crippen molar-refractivity contribution in [2.24, 2.45) is 0 Å². The predicted octanol–water partition coefficient (Wildman–Crippen LogP) is 3.10. The molecule has 0 fully saturated rings. The predicted molar refractivity (Wildman–Crippen MR) is 55.0 cm³/mol. The Bertz CT molecular complexity index is 379. The molecular weight excluding hydrogens is 203 g/mol. The van der Waals surface area contributed by atoms with Gasteiger partial charge in [-0.1, -0.05) is 6.92 Å². The first-order valence-electron chi connectivity index (χ1n) is 4.25. The number of carboxylic acid groups (broad SMARTS) is 1. The first kappa shape index (κ1) is 10.9. The van der Waals surface area contributed by atoms with Crippen LogP contribution in [0.1, 0.15) is 23.6 Å². The lowest BCUT2D eigenvalue weighted by molar-refractivity contribution is -0.134. The van der Waals surface area contributed by atoms with Gasteiger partial charge in [0.25, 0.3) is 0 Å². The Morgan fingerprint density at radius 1 is 1.57 bits per heavy atom. The van der Waals surface area contributed by atoms with Gasteiger partial charge in [0.2, 0.25) is 5.83 Å². The van der Waals surface area contributed by atoms with E-state index in [4.69, 9.17) is 5.11 Å². The van der Waals surface area contributed by atoms with E-state index in [1.807, 2.05) is 13.0 Å². The summed E-state index contributed by atoms with van der Waals surface area (Å²) < 4.78 is 13.0. The molecule has 0 amide bonds. The summed E-state index contributed by atoms with van der Waals surface area (Å²) in [4.78, 5) is 12.2. The van der Waals surface area contributed by atoms with E-state index in [0.29, 0.717) is 4.88 Å². The van der Waals surface area contributed by atoms with Crippen LogP contribution < -0.4 is 0 Å². The number of aryl methyl sites for hydroxylation is 1. The van der Waals surface area contributed by atoms with E-state index in [1.54, 1.807) is 6.07 Å². The molecule has 0 saturated heterocycles. The number of carbonyl (C=O) groups is 1. The zero-order chi connectivity index (χ0) is 10.7. The van der Waals surface area contributed by atoms with Gasteiger partial charge in [0, 0.05) is 15.3 Å². The zero-order valence-electron chi connectivity index (χ0n) is 8.00. The molecule has 4 heteroatoms. The van der Waals surface area contributed by atoms with Gasteiger partial charge >= 0.3 is 5.97 Å². The average Bonchev–Trinajstić information content (AvgIpc) is 2.63. The van der Waals surface area contributed by atoms with E-state index in [9.17, 15) is 9.18 Å². The monoisotopic (exact) mass is 214 g/mol. The third-order valence-corrected chi connectivity index (χ3v) is 3.25. The lowest BCUT2D eigenvalue weighted by Gasteiger charge is -1.96. The van der Waals surface area contributed by atoms with Crippen molar-refractivity contribution in [1.82, 2.24) is 0 Å². The molecule has 0 aliphatic carbocycles. The summed E-state index contributed by atoms with van der Waals surface area (Å²) >= 11 is 1.43. The Labute approximate surface area is 85.7 Å². The number of thiophene rings is 1. The maximum atomic E-state index is 13.0. The third-order valence-electron chi connectivity index (χ3n) is 1.90. The maximum absolute atomic E-state index is 13.0. The standard InChI is InChI=1S/C10H11FO2S/c1-3-7-4-5-8(14-7)6(2)9(11)10(12)13/h4-5H,3H2,1-2H3,(H,12,13). The molecule has 1 heterocycles. The van der Waals surface area contributed by atoms with E-state index < -0.39 is 11.8 Å². The van der Waals surface area contributed by atoms with Crippen LogP contribution in [0.3, 0.4) is 0 Å². The van der Waals surface area contributed by atoms with Gasteiger partial charge in [-0.15, -0.1) is 11.3 Å². The topological polar surface area (TPSA) is 37.3 Å². The molecule has 1 rings (SSSR count). The van der Waals surface area contributed by atoms with E-state index >= 15 is 0 Å². The summed E-state index contributed by atoms with van der Waals surface area (Å²) in [5, 5.41) is 8.45. The Hall–Kier alpha value is -1.16. The molecule has 0 atom stereocenters. The second-order valence-electron chi connectivity index (χ2n) is 2.86. The fraction of sp³-hybridized carbons (Fsp3) is 0.300. The molecule has 1 N–H and O–H groups in total. The van der Waals surface area contributed by atoms with Crippen molar-refractivity contribution >= 4 is 22.9 Å². The van der Waals surface area contributed by atoms with Crippen LogP contribution in [0.4, 0.5) is 4.39 Å². The quantitative estimate of drug-likeness (QED) is 0.785. The lowest BCUT2D eigenvalue weighted by atomic mass is 10.2. The second-order valence-corrected chi connectivity index (χ2v) is 4.03. The molecule has 76 valence electrons. The van der Waals surface area contributed by atoms with Crippen molar-refractivity contribution in [2.45, 2.75) is 20.3 Å². The Morgan fingerprint density at radius 2 is 2.21 bits per heavy atom. The van der Waals surface area contributed by atoms with Gasteiger partial charge in [-0.05, 0) is 25.5 Å². The van der Waals surface area contributed by atoms with Gasteiger partial charge in [-0.25, -0.2) is 4.79 Å². The van der Waals surface area contributed by atoms with Gasteiger partial charge < -0.3 is 5.11 Å². The van der Waals surface area contributed by atoms with Crippen LogP contribution in [-0.2, 0) is 11.2 Å². The molecule has 1 aromatic rings. The number of hydrogen-bond donors (Lipinski definition) is 1. The fourth-order valence-electron chi connectivity index (χ4n) is 1.04. The smallest absolute Gasteiger partial charge is 0.365 e.